The maximum absolute atomic E-state index is 13.8. The van der Waals surface area contributed by atoms with Gasteiger partial charge in [0.15, 0.2) is 0 Å². The Balaban J connectivity index is 1.58. The Hall–Kier alpha value is -3.55. The number of aromatic nitrogens is 1. The molecule has 0 bridgehead atoms. The van der Waals surface area contributed by atoms with Gasteiger partial charge in [0.2, 0.25) is 17.7 Å². The van der Waals surface area contributed by atoms with Crippen LogP contribution in [0.1, 0.15) is 72.2 Å². The van der Waals surface area contributed by atoms with E-state index in [1.54, 1.807) is 32.1 Å². The van der Waals surface area contributed by atoms with E-state index in [2.05, 4.69) is 20.9 Å². The molecule has 4 atom stereocenters. The quantitative estimate of drug-likeness (QED) is 0.271. The number of likely N-dealkylation sites (tertiary alicyclic amines) is 1. The van der Waals surface area contributed by atoms with Crippen molar-refractivity contribution in [2.24, 2.45) is 5.41 Å². The number of β-amino-alcohol motifs (C(OH)–C–C–N with tert-alkyl or cyclic N) is 1. The van der Waals surface area contributed by atoms with E-state index in [0.29, 0.717) is 0 Å². The fourth-order valence-corrected chi connectivity index (χ4v) is 5.73. The monoisotopic (exact) mass is 645 g/mol. The lowest BCUT2D eigenvalue weighted by molar-refractivity contribution is -0.144. The molecular weight excluding hydrogens is 598 g/mol. The lowest BCUT2D eigenvalue weighted by Gasteiger charge is -2.35. The molecule has 1 fully saturated rings. The number of benzene rings is 1. The van der Waals surface area contributed by atoms with Crippen molar-refractivity contribution in [3.63, 3.8) is 0 Å². The SMILES string of the molecule is Cc1ncsc1-c1ccc([C@H](C)NC(=O)[C@@H]2C[C@@H](O)CN2C(=O)[C@@H](NC(=O)COCCNC(=O)OC(C)(C)C)C(C)(C)C)cc1. The maximum Gasteiger partial charge on any atom is 0.407 e. The number of aliphatic hydroxyl groups excluding tert-OH is 1. The van der Waals surface area contributed by atoms with Gasteiger partial charge in [0.05, 0.1) is 34.8 Å². The third-order valence-corrected chi connectivity index (χ3v) is 8.19. The van der Waals surface area contributed by atoms with Gasteiger partial charge in [-0.15, -0.1) is 11.3 Å². The van der Waals surface area contributed by atoms with Crippen molar-refractivity contribution in [1.29, 1.82) is 0 Å². The topological polar surface area (TPSA) is 159 Å². The van der Waals surface area contributed by atoms with E-state index in [9.17, 15) is 24.3 Å². The van der Waals surface area contributed by atoms with E-state index < -0.39 is 47.1 Å². The molecule has 4 N–H and O–H groups in total. The molecule has 2 aromatic rings. The van der Waals surface area contributed by atoms with Crippen LogP contribution in [0.5, 0.6) is 0 Å². The first kappa shape index (κ1) is 35.9. The van der Waals surface area contributed by atoms with Gasteiger partial charge in [0.1, 0.15) is 24.3 Å². The second-order valence-corrected chi connectivity index (χ2v) is 14.2. The largest absolute Gasteiger partial charge is 0.444 e. The van der Waals surface area contributed by atoms with Crippen LogP contribution in [0.3, 0.4) is 0 Å². The minimum absolute atomic E-state index is 0.0243. The third-order valence-electron chi connectivity index (χ3n) is 7.21. The van der Waals surface area contributed by atoms with Gasteiger partial charge in [-0.25, -0.2) is 9.78 Å². The summed E-state index contributed by atoms with van der Waals surface area (Å²) in [6.45, 7) is 14.4. The molecule has 0 saturated carbocycles. The Labute approximate surface area is 269 Å². The highest BCUT2D eigenvalue weighted by molar-refractivity contribution is 7.13. The Morgan fingerprint density at radius 3 is 2.33 bits per heavy atom. The van der Waals surface area contributed by atoms with Gasteiger partial charge in [-0.3, -0.25) is 14.4 Å². The van der Waals surface area contributed by atoms with Crippen LogP contribution in [0.15, 0.2) is 29.8 Å². The second kappa shape index (κ2) is 15.2. The number of amides is 4. The highest BCUT2D eigenvalue weighted by atomic mass is 32.1. The number of aliphatic hydroxyl groups is 1. The normalized spacial score (nSPS) is 18.2. The molecule has 0 spiro atoms. The van der Waals surface area contributed by atoms with E-state index in [4.69, 9.17) is 9.47 Å². The summed E-state index contributed by atoms with van der Waals surface area (Å²) in [6.07, 6.45) is -1.37. The first-order chi connectivity index (χ1) is 21.0. The standard InChI is InChI=1S/C32H47N5O7S/c1-19(21-9-11-22(12-10-21)26-20(2)34-18-45-26)35-28(40)24-15-23(38)16-37(24)29(41)27(31(3,4)5)36-25(39)17-43-14-13-33-30(42)44-32(6,7)8/h9-12,18-19,23-24,27,38H,13-17H2,1-8H3,(H,33,42)(H,35,40)(H,36,39)/t19-,23+,24-,27+/m0/s1. The molecule has 2 heterocycles. The van der Waals surface area contributed by atoms with Crippen LogP contribution < -0.4 is 16.0 Å². The second-order valence-electron chi connectivity index (χ2n) is 13.4. The number of carbonyl (C=O) groups is 4. The zero-order chi connectivity index (χ0) is 33.5. The number of hydrogen-bond donors (Lipinski definition) is 4. The van der Waals surface area contributed by atoms with Gasteiger partial charge in [0.25, 0.3) is 0 Å². The molecule has 13 heteroatoms. The summed E-state index contributed by atoms with van der Waals surface area (Å²) < 4.78 is 10.5. The van der Waals surface area contributed by atoms with Crippen molar-refractivity contribution >= 4 is 35.2 Å². The number of carbonyl (C=O) groups excluding carboxylic acids is 4. The molecule has 12 nitrogen and oxygen atoms in total. The molecule has 1 aromatic carbocycles. The summed E-state index contributed by atoms with van der Waals surface area (Å²) in [5.74, 6) is -1.36. The summed E-state index contributed by atoms with van der Waals surface area (Å²) in [4.78, 5) is 58.5. The number of alkyl carbamates (subject to hydrolysis) is 1. The lowest BCUT2D eigenvalue weighted by atomic mass is 9.85. The average molecular weight is 646 g/mol. The van der Waals surface area contributed by atoms with Crippen LogP contribution in [0.2, 0.25) is 0 Å². The highest BCUT2D eigenvalue weighted by Gasteiger charge is 2.44. The first-order valence-corrected chi connectivity index (χ1v) is 16.0. The highest BCUT2D eigenvalue weighted by Crippen LogP contribution is 2.29. The summed E-state index contributed by atoms with van der Waals surface area (Å²) in [6, 6.07) is 5.67. The van der Waals surface area contributed by atoms with Crippen molar-refractivity contribution in [3.05, 3.63) is 41.0 Å². The molecule has 0 aliphatic carbocycles. The van der Waals surface area contributed by atoms with E-state index in [1.165, 1.54) is 4.90 Å². The summed E-state index contributed by atoms with van der Waals surface area (Å²) in [5.41, 5.74) is 3.38. The summed E-state index contributed by atoms with van der Waals surface area (Å²) >= 11 is 1.57. The molecule has 1 aliphatic rings. The molecule has 45 heavy (non-hydrogen) atoms. The maximum atomic E-state index is 13.8. The molecule has 3 rings (SSSR count). The van der Waals surface area contributed by atoms with Crippen LogP contribution >= 0.6 is 11.3 Å². The number of nitrogens with one attached hydrogen (secondary N) is 3. The molecule has 248 valence electrons. The van der Waals surface area contributed by atoms with Crippen LogP contribution in [0.25, 0.3) is 10.4 Å². The van der Waals surface area contributed by atoms with Crippen LogP contribution in [-0.4, -0.2) is 88.9 Å². The van der Waals surface area contributed by atoms with Crippen LogP contribution in [0, 0.1) is 12.3 Å². The average Bonchev–Trinajstić information content (AvgIpc) is 3.55. The fourth-order valence-electron chi connectivity index (χ4n) is 4.92. The first-order valence-electron chi connectivity index (χ1n) is 15.1. The van der Waals surface area contributed by atoms with Crippen molar-refractivity contribution in [2.75, 3.05) is 26.3 Å². The molecule has 1 aromatic heterocycles. The van der Waals surface area contributed by atoms with Gasteiger partial charge in [-0.1, -0.05) is 45.0 Å². The number of thiazole rings is 1. The summed E-state index contributed by atoms with van der Waals surface area (Å²) in [7, 11) is 0. The number of aryl methyl sites for hydroxylation is 1. The number of nitrogens with zero attached hydrogens (tertiary/aromatic N) is 2. The Bertz CT molecular complexity index is 1330. The number of hydrogen-bond acceptors (Lipinski definition) is 9. The van der Waals surface area contributed by atoms with Crippen molar-refractivity contribution in [3.8, 4) is 10.4 Å². The minimum atomic E-state index is -0.978. The van der Waals surface area contributed by atoms with E-state index in [0.717, 1.165) is 21.7 Å². The summed E-state index contributed by atoms with van der Waals surface area (Å²) in [5, 5.41) is 18.7. The number of rotatable bonds is 11. The molecule has 0 unspecified atom stereocenters. The van der Waals surface area contributed by atoms with Crippen LogP contribution in [0.4, 0.5) is 4.79 Å². The zero-order valence-electron chi connectivity index (χ0n) is 27.4. The van der Waals surface area contributed by atoms with Gasteiger partial charge >= 0.3 is 6.09 Å². The predicted molar refractivity (Wildman–Crippen MR) is 171 cm³/mol. The third kappa shape index (κ3) is 10.5. The van der Waals surface area contributed by atoms with Gasteiger partial charge in [-0.05, 0) is 51.2 Å². The predicted octanol–water partition coefficient (Wildman–Crippen LogP) is 3.33. The van der Waals surface area contributed by atoms with E-state index in [1.807, 2.05) is 64.4 Å². The molecule has 0 radical (unpaired) electrons. The number of ether oxygens (including phenoxy) is 2. The van der Waals surface area contributed by atoms with Crippen LogP contribution in [-0.2, 0) is 23.9 Å². The van der Waals surface area contributed by atoms with Crippen molar-refractivity contribution < 1.29 is 33.8 Å². The van der Waals surface area contributed by atoms with Gasteiger partial charge in [0, 0.05) is 19.5 Å². The zero-order valence-corrected chi connectivity index (χ0v) is 28.2. The smallest absolute Gasteiger partial charge is 0.407 e. The Morgan fingerprint density at radius 2 is 1.76 bits per heavy atom. The lowest BCUT2D eigenvalue weighted by Crippen LogP contribution is -2.58. The van der Waals surface area contributed by atoms with Gasteiger partial charge < -0.3 is 35.4 Å². The molecule has 4 amide bonds. The Morgan fingerprint density at radius 1 is 1.09 bits per heavy atom. The van der Waals surface area contributed by atoms with E-state index >= 15 is 0 Å². The van der Waals surface area contributed by atoms with Crippen molar-refractivity contribution in [1.82, 2.24) is 25.8 Å². The molecule has 1 aliphatic heterocycles. The fraction of sp³-hybridized carbons (Fsp3) is 0.594. The van der Waals surface area contributed by atoms with Gasteiger partial charge in [-0.2, -0.15) is 0 Å². The van der Waals surface area contributed by atoms with E-state index in [-0.39, 0.29) is 44.7 Å². The Kier molecular flexibility index (Phi) is 12.1. The van der Waals surface area contributed by atoms with Crippen molar-refractivity contribution in [2.45, 2.75) is 91.6 Å². The minimum Gasteiger partial charge on any atom is -0.444 e. The molecule has 1 saturated heterocycles. The molecular formula is C32H47N5O7S.